The molecule has 1 N–H and O–H groups in total. The number of rotatable bonds is 6. The molecule has 2 aromatic carbocycles. The molecule has 0 aliphatic carbocycles. The van der Waals surface area contributed by atoms with Crippen molar-refractivity contribution in [2.45, 2.75) is 6.92 Å². The number of anilines is 1. The van der Waals surface area contributed by atoms with Crippen molar-refractivity contribution >= 4 is 17.6 Å². The highest BCUT2D eigenvalue weighted by Crippen LogP contribution is 2.30. The van der Waals surface area contributed by atoms with Crippen LogP contribution in [0.4, 0.5) is 5.69 Å². The van der Waals surface area contributed by atoms with E-state index in [9.17, 15) is 9.59 Å². The van der Waals surface area contributed by atoms with Gasteiger partial charge in [0.25, 0.3) is 5.89 Å². The second-order valence-electron chi connectivity index (χ2n) is 5.98. The van der Waals surface area contributed by atoms with Crippen molar-refractivity contribution in [2.75, 3.05) is 19.5 Å². The number of carbonyl (C=O) groups is 2. The lowest BCUT2D eigenvalue weighted by atomic mass is 10.1. The molecule has 0 atom stereocenters. The van der Waals surface area contributed by atoms with Crippen LogP contribution in [0.25, 0.3) is 22.8 Å². The maximum atomic E-state index is 12.0. The number of carbonyl (C=O) groups excluding carboxylic acids is 2. The van der Waals surface area contributed by atoms with Crippen molar-refractivity contribution in [3.8, 4) is 22.8 Å². The lowest BCUT2D eigenvalue weighted by Crippen LogP contribution is -2.15. The first-order chi connectivity index (χ1) is 14.0. The van der Waals surface area contributed by atoms with Gasteiger partial charge < -0.3 is 19.3 Å². The number of esters is 2. The molecular weight excluding hydrogens is 374 g/mol. The SMILES string of the molecule is COC(=O)/C=C(/Nc1ccccc1-c1nc(-c2ccccc2C)no1)C(=O)OC. The monoisotopic (exact) mass is 393 g/mol. The van der Waals surface area contributed by atoms with Gasteiger partial charge in [-0.25, -0.2) is 9.59 Å². The molecular formula is C21H19N3O5. The molecule has 0 unspecified atom stereocenters. The standard InChI is InChI=1S/C21H19N3O5/c1-13-8-4-5-9-14(13)19-23-20(29-24-19)15-10-6-7-11-16(15)22-17(21(26)28-3)12-18(25)27-2/h4-12,22H,1-3H3/b17-12+. The summed E-state index contributed by atoms with van der Waals surface area (Å²) in [6.45, 7) is 1.96. The van der Waals surface area contributed by atoms with Crippen molar-refractivity contribution in [1.82, 2.24) is 10.1 Å². The van der Waals surface area contributed by atoms with Gasteiger partial charge in [-0.2, -0.15) is 4.98 Å². The van der Waals surface area contributed by atoms with E-state index in [-0.39, 0.29) is 11.6 Å². The number of benzene rings is 2. The summed E-state index contributed by atoms with van der Waals surface area (Å²) in [6, 6.07) is 14.7. The first-order valence-corrected chi connectivity index (χ1v) is 8.67. The van der Waals surface area contributed by atoms with Crippen molar-refractivity contribution in [3.63, 3.8) is 0 Å². The van der Waals surface area contributed by atoms with Crippen LogP contribution in [0.5, 0.6) is 0 Å². The van der Waals surface area contributed by atoms with Crippen LogP contribution >= 0.6 is 0 Å². The van der Waals surface area contributed by atoms with E-state index in [1.165, 1.54) is 14.2 Å². The molecule has 8 heteroatoms. The lowest BCUT2D eigenvalue weighted by molar-refractivity contribution is -0.138. The van der Waals surface area contributed by atoms with Gasteiger partial charge in [-0.15, -0.1) is 0 Å². The fourth-order valence-corrected chi connectivity index (χ4v) is 2.62. The summed E-state index contributed by atoms with van der Waals surface area (Å²) in [5, 5.41) is 6.94. The van der Waals surface area contributed by atoms with Gasteiger partial charge >= 0.3 is 11.9 Å². The summed E-state index contributed by atoms with van der Waals surface area (Å²) >= 11 is 0. The molecule has 3 rings (SSSR count). The summed E-state index contributed by atoms with van der Waals surface area (Å²) in [4.78, 5) is 28.1. The molecule has 0 fully saturated rings. The third-order valence-electron chi connectivity index (χ3n) is 4.11. The highest BCUT2D eigenvalue weighted by Gasteiger charge is 2.18. The minimum atomic E-state index is -0.726. The maximum absolute atomic E-state index is 12.0. The van der Waals surface area contributed by atoms with E-state index in [0.717, 1.165) is 17.2 Å². The molecule has 1 aromatic heterocycles. The van der Waals surface area contributed by atoms with Crippen LogP contribution < -0.4 is 5.32 Å². The van der Waals surface area contributed by atoms with Crippen LogP contribution in [0.2, 0.25) is 0 Å². The van der Waals surface area contributed by atoms with Gasteiger partial charge in [-0.05, 0) is 24.6 Å². The fraction of sp³-hybridized carbons (Fsp3) is 0.143. The van der Waals surface area contributed by atoms with Crippen molar-refractivity contribution in [3.05, 3.63) is 65.9 Å². The van der Waals surface area contributed by atoms with Crippen LogP contribution in [0.1, 0.15) is 5.56 Å². The van der Waals surface area contributed by atoms with Crippen molar-refractivity contribution < 1.29 is 23.6 Å². The molecule has 29 heavy (non-hydrogen) atoms. The van der Waals surface area contributed by atoms with Gasteiger partial charge in [0.15, 0.2) is 0 Å². The molecule has 0 saturated heterocycles. The minimum Gasteiger partial charge on any atom is -0.466 e. The second kappa shape index (κ2) is 8.83. The molecule has 0 radical (unpaired) electrons. The van der Waals surface area contributed by atoms with Gasteiger partial charge in [-0.1, -0.05) is 41.6 Å². The first kappa shape index (κ1) is 19.8. The Morgan fingerprint density at radius 2 is 1.69 bits per heavy atom. The zero-order chi connectivity index (χ0) is 20.8. The minimum absolute atomic E-state index is 0.0922. The molecule has 0 aliphatic rings. The Hall–Kier alpha value is -3.94. The maximum Gasteiger partial charge on any atom is 0.354 e. The Morgan fingerprint density at radius 1 is 1.00 bits per heavy atom. The third kappa shape index (κ3) is 4.49. The number of para-hydroxylation sites is 1. The average molecular weight is 393 g/mol. The number of methoxy groups -OCH3 is 2. The number of nitrogens with one attached hydrogen (secondary N) is 1. The summed E-state index contributed by atoms with van der Waals surface area (Å²) in [5.41, 5.74) is 2.81. The van der Waals surface area contributed by atoms with Gasteiger partial charge in [0.05, 0.1) is 31.5 Å². The van der Waals surface area contributed by atoms with Crippen LogP contribution in [-0.2, 0) is 19.1 Å². The fourth-order valence-electron chi connectivity index (χ4n) is 2.62. The molecule has 0 saturated carbocycles. The van der Waals surface area contributed by atoms with Crippen LogP contribution in [0.3, 0.4) is 0 Å². The highest BCUT2D eigenvalue weighted by atomic mass is 16.5. The second-order valence-corrected chi connectivity index (χ2v) is 5.98. The Bertz CT molecular complexity index is 1070. The van der Waals surface area contributed by atoms with E-state index < -0.39 is 11.9 Å². The number of hydrogen-bond acceptors (Lipinski definition) is 8. The zero-order valence-electron chi connectivity index (χ0n) is 16.1. The van der Waals surface area contributed by atoms with Gasteiger partial charge in [0, 0.05) is 5.56 Å². The largest absolute Gasteiger partial charge is 0.466 e. The predicted molar refractivity (Wildman–Crippen MR) is 106 cm³/mol. The molecule has 0 bridgehead atoms. The quantitative estimate of drug-likeness (QED) is 0.502. The number of nitrogens with zero attached hydrogens (tertiary/aromatic N) is 2. The Balaban J connectivity index is 1.98. The van der Waals surface area contributed by atoms with Crippen LogP contribution in [0.15, 0.2) is 64.8 Å². The highest BCUT2D eigenvalue weighted by molar-refractivity contribution is 5.99. The van der Waals surface area contributed by atoms with Crippen LogP contribution in [0, 0.1) is 6.92 Å². The molecule has 0 spiro atoms. The smallest absolute Gasteiger partial charge is 0.354 e. The Morgan fingerprint density at radius 3 is 2.38 bits per heavy atom. The molecule has 148 valence electrons. The predicted octanol–water partition coefficient (Wildman–Crippen LogP) is 3.35. The average Bonchev–Trinajstić information content (AvgIpc) is 3.23. The first-order valence-electron chi connectivity index (χ1n) is 8.67. The molecule has 1 heterocycles. The van der Waals surface area contributed by atoms with E-state index in [1.54, 1.807) is 24.3 Å². The van der Waals surface area contributed by atoms with E-state index in [4.69, 9.17) is 9.26 Å². The number of aryl methyl sites for hydroxylation is 1. The molecule has 3 aromatic rings. The van der Waals surface area contributed by atoms with Gasteiger partial charge in [0.2, 0.25) is 5.82 Å². The topological polar surface area (TPSA) is 104 Å². The van der Waals surface area contributed by atoms with Crippen LogP contribution in [-0.4, -0.2) is 36.3 Å². The summed E-state index contributed by atoms with van der Waals surface area (Å²) in [7, 11) is 2.43. The summed E-state index contributed by atoms with van der Waals surface area (Å²) in [6.07, 6.45) is 1.01. The Labute approximate surface area is 167 Å². The number of hydrogen-bond donors (Lipinski definition) is 1. The molecule has 0 amide bonds. The number of ether oxygens (including phenoxy) is 2. The van der Waals surface area contributed by atoms with Crippen molar-refractivity contribution in [2.24, 2.45) is 0 Å². The van der Waals surface area contributed by atoms with Crippen molar-refractivity contribution in [1.29, 1.82) is 0 Å². The van der Waals surface area contributed by atoms with E-state index in [1.807, 2.05) is 31.2 Å². The molecule has 0 aliphatic heterocycles. The molecule has 8 nitrogen and oxygen atoms in total. The van der Waals surface area contributed by atoms with E-state index in [2.05, 4.69) is 20.2 Å². The van der Waals surface area contributed by atoms with E-state index >= 15 is 0 Å². The lowest BCUT2D eigenvalue weighted by Gasteiger charge is -2.11. The normalized spacial score (nSPS) is 11.1. The summed E-state index contributed by atoms with van der Waals surface area (Å²) < 4.78 is 14.8. The van der Waals surface area contributed by atoms with Gasteiger partial charge in [0.1, 0.15) is 5.70 Å². The zero-order valence-corrected chi connectivity index (χ0v) is 16.1. The Kier molecular flexibility index (Phi) is 6.03. The van der Waals surface area contributed by atoms with E-state index in [0.29, 0.717) is 17.1 Å². The third-order valence-corrected chi connectivity index (χ3v) is 4.11. The summed E-state index contributed by atoms with van der Waals surface area (Å²) in [5.74, 6) is -0.717. The number of aromatic nitrogens is 2. The van der Waals surface area contributed by atoms with Gasteiger partial charge in [-0.3, -0.25) is 0 Å².